The summed E-state index contributed by atoms with van der Waals surface area (Å²) in [4.78, 5) is 2.54. The van der Waals surface area contributed by atoms with Gasteiger partial charge in [-0.25, -0.2) is 0 Å². The van der Waals surface area contributed by atoms with Gasteiger partial charge in [-0.3, -0.25) is 0 Å². The number of benzene rings is 1. The lowest BCUT2D eigenvalue weighted by Gasteiger charge is -2.25. The fourth-order valence-corrected chi connectivity index (χ4v) is 2.40. The molecule has 0 saturated heterocycles. The second-order valence-corrected chi connectivity index (χ2v) is 6.39. The van der Waals surface area contributed by atoms with E-state index < -0.39 is 0 Å². The Kier molecular flexibility index (Phi) is 9.16. The van der Waals surface area contributed by atoms with Crippen LogP contribution in [0.3, 0.4) is 0 Å². The molecular weight excluding hydrogens is 256 g/mol. The molecule has 1 rings (SSSR count). The zero-order chi connectivity index (χ0) is 15.5. The summed E-state index contributed by atoms with van der Waals surface area (Å²) in [6.45, 7) is 13.4. The van der Waals surface area contributed by atoms with E-state index in [0.717, 1.165) is 13.1 Å². The van der Waals surface area contributed by atoms with E-state index in [2.05, 4.69) is 62.2 Å². The number of nitrogens with zero attached hydrogens (tertiary/aromatic N) is 1. The molecule has 0 aliphatic carbocycles. The number of nitrogens with one attached hydrogen (secondary N) is 1. The Morgan fingerprint density at radius 3 is 2.00 bits per heavy atom. The van der Waals surface area contributed by atoms with Crippen LogP contribution in [0.15, 0.2) is 24.3 Å². The van der Waals surface area contributed by atoms with Gasteiger partial charge in [0.1, 0.15) is 0 Å². The zero-order valence-electron chi connectivity index (χ0n) is 14.5. The third kappa shape index (κ3) is 7.52. The SMILES string of the molecule is CCCCN(CCCC)c1ccc(CNCC(C)C)cc1. The number of rotatable bonds is 11. The van der Waals surface area contributed by atoms with Crippen LogP contribution < -0.4 is 10.2 Å². The zero-order valence-corrected chi connectivity index (χ0v) is 14.5. The van der Waals surface area contributed by atoms with E-state index in [1.54, 1.807) is 0 Å². The Balaban J connectivity index is 2.55. The van der Waals surface area contributed by atoms with Crippen LogP contribution in [-0.4, -0.2) is 19.6 Å². The smallest absolute Gasteiger partial charge is 0.0366 e. The minimum atomic E-state index is 0.711. The maximum absolute atomic E-state index is 3.50. The molecule has 120 valence electrons. The van der Waals surface area contributed by atoms with Crippen LogP contribution in [0, 0.1) is 5.92 Å². The van der Waals surface area contributed by atoms with Gasteiger partial charge in [0.05, 0.1) is 0 Å². The number of hydrogen-bond donors (Lipinski definition) is 1. The van der Waals surface area contributed by atoms with Gasteiger partial charge in [0, 0.05) is 25.3 Å². The predicted molar refractivity (Wildman–Crippen MR) is 95.0 cm³/mol. The molecule has 2 heteroatoms. The maximum atomic E-state index is 3.50. The Morgan fingerprint density at radius 1 is 0.952 bits per heavy atom. The average molecular weight is 290 g/mol. The third-order valence-corrected chi connectivity index (χ3v) is 3.75. The van der Waals surface area contributed by atoms with Crippen molar-refractivity contribution < 1.29 is 0 Å². The molecule has 0 aliphatic heterocycles. The van der Waals surface area contributed by atoms with Gasteiger partial charge in [-0.2, -0.15) is 0 Å². The van der Waals surface area contributed by atoms with Crippen LogP contribution in [0.25, 0.3) is 0 Å². The molecule has 1 aromatic rings. The first-order valence-electron chi connectivity index (χ1n) is 8.72. The largest absolute Gasteiger partial charge is 0.372 e. The van der Waals surface area contributed by atoms with Gasteiger partial charge < -0.3 is 10.2 Å². The second-order valence-electron chi connectivity index (χ2n) is 6.39. The van der Waals surface area contributed by atoms with Crippen molar-refractivity contribution in [2.45, 2.75) is 59.9 Å². The summed E-state index contributed by atoms with van der Waals surface area (Å²) < 4.78 is 0. The highest BCUT2D eigenvalue weighted by Gasteiger charge is 2.05. The monoisotopic (exact) mass is 290 g/mol. The highest BCUT2D eigenvalue weighted by atomic mass is 15.1. The summed E-state index contributed by atoms with van der Waals surface area (Å²) in [5.74, 6) is 0.711. The van der Waals surface area contributed by atoms with E-state index in [-0.39, 0.29) is 0 Å². The Bertz CT molecular complexity index is 348. The average Bonchev–Trinajstić information content (AvgIpc) is 2.48. The second kappa shape index (κ2) is 10.7. The maximum Gasteiger partial charge on any atom is 0.0366 e. The van der Waals surface area contributed by atoms with Crippen molar-refractivity contribution >= 4 is 5.69 Å². The molecule has 0 bridgehead atoms. The highest BCUT2D eigenvalue weighted by Crippen LogP contribution is 2.17. The summed E-state index contributed by atoms with van der Waals surface area (Å²) in [5, 5.41) is 3.50. The van der Waals surface area contributed by atoms with E-state index >= 15 is 0 Å². The lowest BCUT2D eigenvalue weighted by atomic mass is 10.1. The number of anilines is 1. The Labute approximate surface area is 131 Å². The molecule has 0 fully saturated rings. The van der Waals surface area contributed by atoms with Crippen molar-refractivity contribution in [3.8, 4) is 0 Å². The molecule has 0 radical (unpaired) electrons. The molecule has 0 heterocycles. The standard InChI is InChI=1S/C19H34N2/c1-5-7-13-21(14-8-6-2)19-11-9-18(10-12-19)16-20-15-17(3)4/h9-12,17,20H,5-8,13-16H2,1-4H3. The molecule has 0 atom stereocenters. The van der Waals surface area contributed by atoms with Gasteiger partial charge >= 0.3 is 0 Å². The fraction of sp³-hybridized carbons (Fsp3) is 0.684. The van der Waals surface area contributed by atoms with E-state index in [9.17, 15) is 0 Å². The van der Waals surface area contributed by atoms with Crippen LogP contribution in [0.5, 0.6) is 0 Å². The van der Waals surface area contributed by atoms with Crippen molar-refractivity contribution in [2.24, 2.45) is 5.92 Å². The summed E-state index contributed by atoms with van der Waals surface area (Å²) in [7, 11) is 0. The molecule has 0 saturated carbocycles. The van der Waals surface area contributed by atoms with Crippen LogP contribution >= 0.6 is 0 Å². The number of hydrogen-bond acceptors (Lipinski definition) is 2. The summed E-state index contributed by atoms with van der Waals surface area (Å²) >= 11 is 0. The van der Waals surface area contributed by atoms with Crippen molar-refractivity contribution in [1.29, 1.82) is 0 Å². The summed E-state index contributed by atoms with van der Waals surface area (Å²) in [6.07, 6.45) is 5.09. The van der Waals surface area contributed by atoms with Crippen molar-refractivity contribution in [1.82, 2.24) is 5.32 Å². The molecule has 1 N–H and O–H groups in total. The molecule has 0 amide bonds. The minimum absolute atomic E-state index is 0.711. The molecule has 21 heavy (non-hydrogen) atoms. The minimum Gasteiger partial charge on any atom is -0.372 e. The first-order chi connectivity index (χ1) is 10.2. The Hall–Kier alpha value is -1.02. The molecular formula is C19H34N2. The normalized spacial score (nSPS) is 11.1. The Morgan fingerprint density at radius 2 is 1.52 bits per heavy atom. The molecule has 2 nitrogen and oxygen atoms in total. The van der Waals surface area contributed by atoms with Crippen LogP contribution in [0.2, 0.25) is 0 Å². The van der Waals surface area contributed by atoms with E-state index in [1.165, 1.54) is 50.0 Å². The number of unbranched alkanes of at least 4 members (excludes halogenated alkanes) is 2. The van der Waals surface area contributed by atoms with Gasteiger partial charge in [-0.15, -0.1) is 0 Å². The van der Waals surface area contributed by atoms with Crippen molar-refractivity contribution in [3.63, 3.8) is 0 Å². The van der Waals surface area contributed by atoms with Crippen LogP contribution in [0.4, 0.5) is 5.69 Å². The summed E-state index contributed by atoms with van der Waals surface area (Å²) in [5.41, 5.74) is 2.76. The summed E-state index contributed by atoms with van der Waals surface area (Å²) in [6, 6.07) is 9.12. The lowest BCUT2D eigenvalue weighted by molar-refractivity contribution is 0.552. The van der Waals surface area contributed by atoms with E-state index in [0.29, 0.717) is 5.92 Å². The van der Waals surface area contributed by atoms with Crippen molar-refractivity contribution in [2.75, 3.05) is 24.5 Å². The van der Waals surface area contributed by atoms with Gasteiger partial charge in [0.15, 0.2) is 0 Å². The van der Waals surface area contributed by atoms with Gasteiger partial charge in [0.25, 0.3) is 0 Å². The topological polar surface area (TPSA) is 15.3 Å². The molecule has 0 unspecified atom stereocenters. The van der Waals surface area contributed by atoms with Crippen molar-refractivity contribution in [3.05, 3.63) is 29.8 Å². The molecule has 0 aromatic heterocycles. The highest BCUT2D eigenvalue weighted by molar-refractivity contribution is 5.47. The molecule has 0 aliphatic rings. The van der Waals surface area contributed by atoms with Crippen LogP contribution in [0.1, 0.15) is 58.9 Å². The fourth-order valence-electron chi connectivity index (χ4n) is 2.40. The lowest BCUT2D eigenvalue weighted by Crippen LogP contribution is -2.25. The quantitative estimate of drug-likeness (QED) is 0.627. The van der Waals surface area contributed by atoms with E-state index in [4.69, 9.17) is 0 Å². The third-order valence-electron chi connectivity index (χ3n) is 3.75. The van der Waals surface area contributed by atoms with Crippen LogP contribution in [-0.2, 0) is 6.54 Å². The van der Waals surface area contributed by atoms with Gasteiger partial charge in [-0.1, -0.05) is 52.7 Å². The first kappa shape index (κ1) is 18.0. The first-order valence-corrected chi connectivity index (χ1v) is 8.72. The van der Waals surface area contributed by atoms with E-state index in [1.807, 2.05) is 0 Å². The predicted octanol–water partition coefficient (Wildman–Crippen LogP) is 4.84. The van der Waals surface area contributed by atoms with Gasteiger partial charge in [0.2, 0.25) is 0 Å². The molecule has 0 spiro atoms. The molecule has 1 aromatic carbocycles. The van der Waals surface area contributed by atoms with Gasteiger partial charge in [-0.05, 0) is 43.0 Å².